The molecule has 1 fully saturated rings. The van der Waals surface area contributed by atoms with E-state index in [1.807, 2.05) is 6.20 Å². The van der Waals surface area contributed by atoms with Gasteiger partial charge in [-0.3, -0.25) is 9.89 Å². The van der Waals surface area contributed by atoms with Crippen LogP contribution in [0.1, 0.15) is 43.4 Å². The van der Waals surface area contributed by atoms with Crippen LogP contribution < -0.4 is 0 Å². The molecule has 1 aromatic heterocycles. The second kappa shape index (κ2) is 4.04. The maximum Gasteiger partial charge on any atom is 0.306 e. The second-order valence-electron chi connectivity index (χ2n) is 4.38. The number of H-pyrrole nitrogens is 1. The summed E-state index contributed by atoms with van der Waals surface area (Å²) >= 11 is 0. The molecular weight excluding hydrogens is 192 g/mol. The van der Waals surface area contributed by atoms with E-state index in [9.17, 15) is 4.79 Å². The van der Waals surface area contributed by atoms with Crippen molar-refractivity contribution in [2.45, 2.75) is 38.5 Å². The van der Waals surface area contributed by atoms with Gasteiger partial charge in [-0.2, -0.15) is 5.10 Å². The molecule has 0 radical (unpaired) electrons. The molecule has 0 aliphatic heterocycles. The number of aliphatic carboxylic acids is 1. The Morgan fingerprint density at radius 1 is 1.73 bits per heavy atom. The first-order valence-electron chi connectivity index (χ1n) is 5.43. The van der Waals surface area contributed by atoms with E-state index < -0.39 is 5.97 Å². The quantitative estimate of drug-likeness (QED) is 0.794. The molecule has 1 aromatic rings. The molecule has 2 rings (SSSR count). The molecule has 1 heterocycles. The lowest BCUT2D eigenvalue weighted by Gasteiger charge is -2.25. The number of hydrogen-bond donors (Lipinski definition) is 2. The topological polar surface area (TPSA) is 66.0 Å². The number of rotatable bonds is 4. The molecule has 0 amide bonds. The Morgan fingerprint density at radius 2 is 2.47 bits per heavy atom. The molecule has 0 saturated heterocycles. The van der Waals surface area contributed by atoms with Gasteiger partial charge in [-0.05, 0) is 24.3 Å². The average Bonchev–Trinajstić information content (AvgIpc) is 2.50. The minimum atomic E-state index is -0.746. The molecule has 4 nitrogen and oxygen atoms in total. The van der Waals surface area contributed by atoms with E-state index in [0.717, 1.165) is 5.69 Å². The number of aromatic nitrogens is 2. The van der Waals surface area contributed by atoms with E-state index in [0.29, 0.717) is 12.3 Å². The number of nitrogens with zero attached hydrogens (tertiary/aromatic N) is 1. The first-order chi connectivity index (χ1) is 7.18. The molecule has 0 aromatic carbocycles. The zero-order chi connectivity index (χ0) is 10.8. The molecular formula is C11H16N2O2. The Bertz CT molecular complexity index is 355. The predicted molar refractivity (Wildman–Crippen MR) is 55.7 cm³/mol. The molecule has 2 N–H and O–H groups in total. The number of hydrogen-bond acceptors (Lipinski definition) is 2. The van der Waals surface area contributed by atoms with Crippen molar-refractivity contribution in [2.75, 3.05) is 0 Å². The van der Waals surface area contributed by atoms with Gasteiger partial charge < -0.3 is 5.11 Å². The van der Waals surface area contributed by atoms with Gasteiger partial charge in [0, 0.05) is 12.1 Å². The number of aromatic amines is 1. The van der Waals surface area contributed by atoms with Crippen molar-refractivity contribution >= 4 is 5.97 Å². The van der Waals surface area contributed by atoms with E-state index >= 15 is 0 Å². The third-order valence-corrected chi connectivity index (χ3v) is 3.23. The largest absolute Gasteiger partial charge is 0.481 e. The number of carbonyl (C=O) groups is 1. The predicted octanol–water partition coefficient (Wildman–Crippen LogP) is 1.94. The highest BCUT2D eigenvalue weighted by Crippen LogP contribution is 2.37. The van der Waals surface area contributed by atoms with Crippen molar-refractivity contribution in [3.8, 4) is 0 Å². The normalized spacial score (nSPS) is 18.5. The number of carboxylic acids is 1. The Morgan fingerprint density at radius 3 is 3.00 bits per heavy atom. The van der Waals surface area contributed by atoms with Crippen LogP contribution in [0.25, 0.3) is 0 Å². The van der Waals surface area contributed by atoms with Crippen LogP contribution in [-0.4, -0.2) is 21.3 Å². The third-order valence-electron chi connectivity index (χ3n) is 3.23. The summed E-state index contributed by atoms with van der Waals surface area (Å²) in [6, 6.07) is 0. The highest BCUT2D eigenvalue weighted by Gasteiger charge is 2.25. The van der Waals surface area contributed by atoms with Crippen molar-refractivity contribution in [1.29, 1.82) is 0 Å². The Labute approximate surface area is 88.7 Å². The van der Waals surface area contributed by atoms with Gasteiger partial charge in [0.2, 0.25) is 0 Å². The smallest absolute Gasteiger partial charge is 0.306 e. The fourth-order valence-electron chi connectivity index (χ4n) is 1.95. The lowest BCUT2D eigenvalue weighted by molar-refractivity contribution is -0.141. The molecule has 1 aliphatic rings. The summed E-state index contributed by atoms with van der Waals surface area (Å²) < 4.78 is 0. The minimum Gasteiger partial charge on any atom is -0.481 e. The van der Waals surface area contributed by atoms with E-state index in [1.54, 1.807) is 6.92 Å². The minimum absolute atomic E-state index is 0.343. The first-order valence-corrected chi connectivity index (χ1v) is 5.43. The molecule has 15 heavy (non-hydrogen) atoms. The van der Waals surface area contributed by atoms with Crippen molar-refractivity contribution in [1.82, 2.24) is 10.2 Å². The lowest BCUT2D eigenvalue weighted by atomic mass is 9.79. The molecule has 82 valence electrons. The summed E-state index contributed by atoms with van der Waals surface area (Å²) in [4.78, 5) is 10.8. The monoisotopic (exact) mass is 208 g/mol. The highest BCUT2D eigenvalue weighted by molar-refractivity contribution is 5.69. The van der Waals surface area contributed by atoms with Gasteiger partial charge in [0.05, 0.1) is 12.1 Å². The van der Waals surface area contributed by atoms with Crippen LogP contribution in [0.5, 0.6) is 0 Å². The van der Waals surface area contributed by atoms with Crippen molar-refractivity contribution in [3.05, 3.63) is 17.5 Å². The van der Waals surface area contributed by atoms with Crippen LogP contribution in [0.2, 0.25) is 0 Å². The van der Waals surface area contributed by atoms with Crippen molar-refractivity contribution in [3.63, 3.8) is 0 Å². The molecule has 1 atom stereocenters. The first kappa shape index (κ1) is 10.2. The molecule has 1 unspecified atom stereocenters. The van der Waals surface area contributed by atoms with E-state index in [1.165, 1.54) is 24.8 Å². The van der Waals surface area contributed by atoms with Gasteiger partial charge in [0.15, 0.2) is 0 Å². The number of nitrogens with one attached hydrogen (secondary N) is 1. The van der Waals surface area contributed by atoms with Gasteiger partial charge in [-0.25, -0.2) is 0 Å². The van der Waals surface area contributed by atoms with Crippen LogP contribution >= 0.6 is 0 Å². The summed E-state index contributed by atoms with van der Waals surface area (Å²) in [6.45, 7) is 1.73. The highest BCUT2D eigenvalue weighted by atomic mass is 16.4. The van der Waals surface area contributed by atoms with Gasteiger partial charge in [-0.1, -0.05) is 13.3 Å². The standard InChI is InChI=1S/C11H16N2O2/c1-7(11(14)15)5-10-9(6-12-13-10)8-3-2-4-8/h6-8H,2-5H2,1H3,(H,12,13)(H,14,15). The zero-order valence-electron chi connectivity index (χ0n) is 8.86. The fourth-order valence-corrected chi connectivity index (χ4v) is 1.95. The number of carboxylic acid groups (broad SMARTS) is 1. The third kappa shape index (κ3) is 2.03. The summed E-state index contributed by atoms with van der Waals surface area (Å²) in [5.41, 5.74) is 2.24. The van der Waals surface area contributed by atoms with Crippen LogP contribution in [0.3, 0.4) is 0 Å². The van der Waals surface area contributed by atoms with Crippen molar-refractivity contribution in [2.24, 2.45) is 5.92 Å². The second-order valence-corrected chi connectivity index (χ2v) is 4.38. The Balaban J connectivity index is 2.07. The Kier molecular flexibility index (Phi) is 2.75. The maximum atomic E-state index is 10.8. The molecule has 0 bridgehead atoms. The van der Waals surface area contributed by atoms with Gasteiger partial charge in [-0.15, -0.1) is 0 Å². The van der Waals surface area contributed by atoms with Crippen molar-refractivity contribution < 1.29 is 9.90 Å². The molecule has 1 aliphatic carbocycles. The van der Waals surface area contributed by atoms with Crippen LogP contribution in [0.15, 0.2) is 6.20 Å². The Hall–Kier alpha value is -1.32. The molecule has 0 spiro atoms. The van der Waals surface area contributed by atoms with Crippen LogP contribution in [-0.2, 0) is 11.2 Å². The van der Waals surface area contributed by atoms with E-state index in [-0.39, 0.29) is 5.92 Å². The maximum absolute atomic E-state index is 10.8. The SMILES string of the molecule is CC(Cc1[nH]ncc1C1CCC1)C(=O)O. The summed E-state index contributed by atoms with van der Waals surface area (Å²) in [7, 11) is 0. The summed E-state index contributed by atoms with van der Waals surface area (Å²) in [5, 5.41) is 15.8. The lowest BCUT2D eigenvalue weighted by Crippen LogP contribution is -2.16. The summed E-state index contributed by atoms with van der Waals surface area (Å²) in [6.07, 6.45) is 6.13. The van der Waals surface area contributed by atoms with E-state index in [2.05, 4.69) is 10.2 Å². The zero-order valence-corrected chi connectivity index (χ0v) is 8.86. The average molecular weight is 208 g/mol. The van der Waals surface area contributed by atoms with Gasteiger partial charge >= 0.3 is 5.97 Å². The summed E-state index contributed by atoms with van der Waals surface area (Å²) in [5.74, 6) is -0.479. The van der Waals surface area contributed by atoms with Crippen LogP contribution in [0, 0.1) is 5.92 Å². The van der Waals surface area contributed by atoms with E-state index in [4.69, 9.17) is 5.11 Å². The van der Waals surface area contributed by atoms with Gasteiger partial charge in [0.1, 0.15) is 0 Å². The molecule has 4 heteroatoms. The van der Waals surface area contributed by atoms with Gasteiger partial charge in [0.25, 0.3) is 0 Å². The fraction of sp³-hybridized carbons (Fsp3) is 0.636. The molecule has 1 saturated carbocycles. The van der Waals surface area contributed by atoms with Crippen LogP contribution in [0.4, 0.5) is 0 Å².